The number of para-hydroxylation sites is 2. The number of amides is 1. The largest absolute Gasteiger partial charge is 0.356 e. The van der Waals surface area contributed by atoms with Crippen molar-refractivity contribution in [2.45, 2.75) is 43.8 Å². The topological polar surface area (TPSA) is 46.9 Å². The molecular weight excluding hydrogens is 338 g/mol. The molecule has 0 spiro atoms. The molecule has 0 aliphatic carbocycles. The molecule has 1 amide bonds. The number of fused-ring (bicyclic) bond motifs is 1. The Morgan fingerprint density at radius 2 is 2.25 bits per heavy atom. The molecule has 1 saturated heterocycles. The van der Waals surface area contributed by atoms with Crippen LogP contribution in [0.4, 0.5) is 0 Å². The Morgan fingerprint density at radius 1 is 1.38 bits per heavy atom. The minimum Gasteiger partial charge on any atom is -0.356 e. The molecule has 1 aliphatic rings. The van der Waals surface area contributed by atoms with E-state index >= 15 is 0 Å². The van der Waals surface area contributed by atoms with Gasteiger partial charge in [0, 0.05) is 37.4 Å². The van der Waals surface area contributed by atoms with Crippen LogP contribution in [0.3, 0.4) is 0 Å². The first-order valence-corrected chi connectivity index (χ1v) is 11.1. The van der Waals surface area contributed by atoms with Gasteiger partial charge >= 0.3 is 0 Å². The maximum absolute atomic E-state index is 11.9. The van der Waals surface area contributed by atoms with E-state index in [2.05, 4.69) is 20.9 Å². The lowest BCUT2D eigenvalue weighted by molar-refractivity contribution is -0.121. The Labute approximate surface area is 151 Å². The van der Waals surface area contributed by atoms with E-state index in [0.717, 1.165) is 41.4 Å². The number of carbonyl (C=O) groups excluding carboxylic acids is 1. The van der Waals surface area contributed by atoms with Gasteiger partial charge in [-0.1, -0.05) is 40.1 Å². The molecule has 1 fully saturated rings. The van der Waals surface area contributed by atoms with Crippen LogP contribution >= 0.6 is 21.6 Å². The SMILES string of the molecule is Cn1c(CCNC(=O)CCCC[C@H]2CCSS2)nc2ccccc21. The molecule has 0 unspecified atom stereocenters. The fraction of sp³-hybridized carbons (Fsp3) is 0.556. The van der Waals surface area contributed by atoms with Gasteiger partial charge in [0.1, 0.15) is 5.82 Å². The number of carbonyl (C=O) groups is 1. The monoisotopic (exact) mass is 363 g/mol. The Morgan fingerprint density at radius 3 is 3.04 bits per heavy atom. The van der Waals surface area contributed by atoms with Crippen LogP contribution in [0.15, 0.2) is 24.3 Å². The normalized spacial score (nSPS) is 17.5. The van der Waals surface area contributed by atoms with E-state index in [-0.39, 0.29) is 5.91 Å². The van der Waals surface area contributed by atoms with Gasteiger partial charge in [-0.05, 0) is 31.4 Å². The first-order chi connectivity index (χ1) is 11.7. The van der Waals surface area contributed by atoms with E-state index in [1.54, 1.807) is 0 Å². The number of nitrogens with zero attached hydrogens (tertiary/aromatic N) is 2. The predicted octanol–water partition coefficient (Wildman–Crippen LogP) is 3.95. The molecule has 0 bridgehead atoms. The zero-order valence-electron chi connectivity index (χ0n) is 14.2. The van der Waals surface area contributed by atoms with Crippen molar-refractivity contribution in [1.82, 2.24) is 14.9 Å². The molecule has 6 heteroatoms. The van der Waals surface area contributed by atoms with Crippen LogP contribution in [0.1, 0.15) is 37.9 Å². The number of nitrogens with one attached hydrogen (secondary N) is 1. The van der Waals surface area contributed by atoms with Crippen molar-refractivity contribution in [2.24, 2.45) is 7.05 Å². The minimum absolute atomic E-state index is 0.169. The number of hydrogen-bond acceptors (Lipinski definition) is 4. The molecule has 130 valence electrons. The fourth-order valence-electron chi connectivity index (χ4n) is 3.04. The van der Waals surface area contributed by atoms with E-state index in [9.17, 15) is 4.79 Å². The smallest absolute Gasteiger partial charge is 0.220 e. The van der Waals surface area contributed by atoms with Gasteiger partial charge in [0.05, 0.1) is 11.0 Å². The summed E-state index contributed by atoms with van der Waals surface area (Å²) < 4.78 is 2.11. The maximum atomic E-state index is 11.9. The van der Waals surface area contributed by atoms with Gasteiger partial charge in [-0.15, -0.1) is 0 Å². The van der Waals surface area contributed by atoms with Crippen molar-refractivity contribution in [3.8, 4) is 0 Å². The standard InChI is InChI=1S/C18H25N3OS2/c1-21-16-8-4-3-7-15(16)20-17(21)10-12-19-18(22)9-5-2-6-14-11-13-23-24-14/h3-4,7-8,14H,2,5-6,9-13H2,1H3,(H,19,22)/t14-/m0/s1. The number of benzene rings is 1. The van der Waals surface area contributed by atoms with Crippen molar-refractivity contribution < 1.29 is 4.79 Å². The van der Waals surface area contributed by atoms with Gasteiger partial charge in [0.25, 0.3) is 0 Å². The summed E-state index contributed by atoms with van der Waals surface area (Å²) in [5.41, 5.74) is 2.16. The summed E-state index contributed by atoms with van der Waals surface area (Å²) in [5.74, 6) is 2.48. The van der Waals surface area contributed by atoms with Crippen LogP contribution < -0.4 is 5.32 Å². The molecule has 1 aromatic carbocycles. The number of hydrogen-bond donors (Lipinski definition) is 1. The van der Waals surface area contributed by atoms with Crippen LogP contribution in [0.5, 0.6) is 0 Å². The minimum atomic E-state index is 0.169. The Balaban J connectivity index is 1.34. The van der Waals surface area contributed by atoms with Gasteiger partial charge in [0.15, 0.2) is 0 Å². The third-order valence-corrected chi connectivity index (χ3v) is 7.46. The number of rotatable bonds is 8. The highest BCUT2D eigenvalue weighted by Crippen LogP contribution is 2.39. The number of imidazole rings is 1. The summed E-state index contributed by atoms with van der Waals surface area (Å²) in [6.45, 7) is 0.658. The van der Waals surface area contributed by atoms with Crippen LogP contribution in [0, 0.1) is 0 Å². The van der Waals surface area contributed by atoms with E-state index in [1.165, 1.54) is 18.6 Å². The summed E-state index contributed by atoms with van der Waals surface area (Å²) in [6.07, 6.45) is 6.17. The van der Waals surface area contributed by atoms with Crippen molar-refractivity contribution in [3.05, 3.63) is 30.1 Å². The molecule has 2 aromatic rings. The van der Waals surface area contributed by atoms with Crippen LogP contribution in [0.2, 0.25) is 0 Å². The molecule has 1 N–H and O–H groups in total. The van der Waals surface area contributed by atoms with E-state index in [4.69, 9.17) is 0 Å². The molecular formula is C18H25N3OS2. The van der Waals surface area contributed by atoms with E-state index in [0.29, 0.717) is 13.0 Å². The van der Waals surface area contributed by atoms with Crippen LogP contribution in [0.25, 0.3) is 11.0 Å². The van der Waals surface area contributed by atoms with Gasteiger partial charge in [-0.25, -0.2) is 4.98 Å². The van der Waals surface area contributed by atoms with Crippen molar-refractivity contribution in [2.75, 3.05) is 12.3 Å². The van der Waals surface area contributed by atoms with Gasteiger partial charge in [0.2, 0.25) is 5.91 Å². The number of aromatic nitrogens is 2. The molecule has 0 saturated carbocycles. The molecule has 3 rings (SSSR count). The Kier molecular flexibility index (Phi) is 6.49. The maximum Gasteiger partial charge on any atom is 0.220 e. The highest BCUT2D eigenvalue weighted by atomic mass is 33.1. The summed E-state index contributed by atoms with van der Waals surface area (Å²) in [7, 11) is 6.04. The molecule has 1 aromatic heterocycles. The molecule has 24 heavy (non-hydrogen) atoms. The third kappa shape index (κ3) is 4.70. The number of unbranched alkanes of at least 4 members (excludes halogenated alkanes) is 1. The van der Waals surface area contributed by atoms with Gasteiger partial charge in [-0.2, -0.15) is 0 Å². The summed E-state index contributed by atoms with van der Waals surface area (Å²) >= 11 is 0. The van der Waals surface area contributed by atoms with E-state index < -0.39 is 0 Å². The van der Waals surface area contributed by atoms with Crippen LogP contribution in [-0.4, -0.2) is 33.0 Å². The Hall–Kier alpha value is -1.14. The second-order valence-electron chi connectivity index (χ2n) is 6.25. The second kappa shape index (κ2) is 8.81. The predicted molar refractivity (Wildman–Crippen MR) is 104 cm³/mol. The van der Waals surface area contributed by atoms with Crippen LogP contribution in [-0.2, 0) is 18.3 Å². The number of aryl methyl sites for hydroxylation is 1. The highest BCUT2D eigenvalue weighted by Gasteiger charge is 2.15. The molecule has 4 nitrogen and oxygen atoms in total. The lowest BCUT2D eigenvalue weighted by Gasteiger charge is -2.08. The average Bonchev–Trinajstić information content (AvgIpc) is 3.21. The zero-order valence-corrected chi connectivity index (χ0v) is 15.8. The van der Waals surface area contributed by atoms with Gasteiger partial charge in [-0.3, -0.25) is 4.79 Å². The third-order valence-electron chi connectivity index (χ3n) is 4.46. The first kappa shape index (κ1) is 17.7. The first-order valence-electron chi connectivity index (χ1n) is 8.69. The van der Waals surface area contributed by atoms with E-state index in [1.807, 2.05) is 46.8 Å². The zero-order chi connectivity index (χ0) is 16.8. The second-order valence-corrected chi connectivity index (χ2v) is 9.04. The van der Waals surface area contributed by atoms with Crippen molar-refractivity contribution >= 4 is 38.5 Å². The molecule has 1 aliphatic heterocycles. The lowest BCUT2D eigenvalue weighted by atomic mass is 10.1. The summed E-state index contributed by atoms with van der Waals surface area (Å²) in [4.78, 5) is 16.6. The van der Waals surface area contributed by atoms with Crippen molar-refractivity contribution in [1.29, 1.82) is 0 Å². The molecule has 2 heterocycles. The summed E-state index contributed by atoms with van der Waals surface area (Å²) in [6, 6.07) is 8.13. The van der Waals surface area contributed by atoms with Gasteiger partial charge < -0.3 is 9.88 Å². The summed E-state index contributed by atoms with van der Waals surface area (Å²) in [5, 5.41) is 3.84. The lowest BCUT2D eigenvalue weighted by Crippen LogP contribution is -2.26. The Bertz CT molecular complexity index is 680. The fourth-order valence-corrected chi connectivity index (χ4v) is 6.07. The quantitative estimate of drug-likeness (QED) is 0.570. The highest BCUT2D eigenvalue weighted by molar-refractivity contribution is 8.77. The van der Waals surface area contributed by atoms with Crippen molar-refractivity contribution in [3.63, 3.8) is 0 Å². The molecule has 0 radical (unpaired) electrons. The molecule has 1 atom stereocenters. The average molecular weight is 364 g/mol.